The van der Waals surface area contributed by atoms with E-state index in [0.29, 0.717) is 0 Å². The summed E-state index contributed by atoms with van der Waals surface area (Å²) in [6.45, 7) is -0.201. The number of halogens is 2. The Balaban J connectivity index is 2.17. The second-order valence-electron chi connectivity index (χ2n) is 2.23. The molecule has 0 unspecified atom stereocenters. The molecule has 0 saturated carbocycles. The Morgan fingerprint density at radius 1 is 1.54 bits per heavy atom. The van der Waals surface area contributed by atoms with Crippen molar-refractivity contribution in [1.29, 1.82) is 0 Å². The van der Waals surface area contributed by atoms with Crippen molar-refractivity contribution in [2.24, 2.45) is 0 Å². The van der Waals surface area contributed by atoms with E-state index in [0.717, 1.165) is 0 Å². The van der Waals surface area contributed by atoms with E-state index < -0.39 is 13.0 Å². The lowest BCUT2D eigenvalue weighted by molar-refractivity contribution is 0.0140. The summed E-state index contributed by atoms with van der Waals surface area (Å²) in [7, 11) is 0. The van der Waals surface area contributed by atoms with Crippen LogP contribution in [-0.2, 0) is 11.3 Å². The first-order valence-corrected chi connectivity index (χ1v) is 3.57. The number of anilines is 1. The van der Waals surface area contributed by atoms with Crippen LogP contribution in [0.3, 0.4) is 0 Å². The third-order valence-corrected chi connectivity index (χ3v) is 1.25. The number of hydrogen-bond acceptors (Lipinski definition) is 5. The predicted octanol–water partition coefficient (Wildman–Crippen LogP) is -0.463. The van der Waals surface area contributed by atoms with Crippen LogP contribution in [0.2, 0.25) is 0 Å². The lowest BCUT2D eigenvalue weighted by Gasteiger charge is -2.02. The van der Waals surface area contributed by atoms with Crippen LogP contribution in [0.15, 0.2) is 0 Å². The Morgan fingerprint density at radius 2 is 2.31 bits per heavy atom. The number of alkyl halides is 2. The summed E-state index contributed by atoms with van der Waals surface area (Å²) in [5.74, 6) is 0.139. The Labute approximate surface area is 72.7 Å². The quantitative estimate of drug-likeness (QED) is 0.640. The third kappa shape index (κ3) is 3.28. The fourth-order valence-corrected chi connectivity index (χ4v) is 0.694. The maximum absolute atomic E-state index is 11.6. The van der Waals surface area contributed by atoms with E-state index in [9.17, 15) is 8.78 Å². The standard InChI is InChI=1S/C5H9F2N5O/c6-4(7)3-13-2-1-12-5(8)9-10-11-12/h4H,1-3H2,(H2,8,9,11). The molecular formula is C5H9F2N5O. The topological polar surface area (TPSA) is 78.9 Å². The van der Waals surface area contributed by atoms with Crippen molar-refractivity contribution in [2.45, 2.75) is 13.0 Å². The first-order chi connectivity index (χ1) is 6.20. The highest BCUT2D eigenvalue weighted by Crippen LogP contribution is 1.95. The van der Waals surface area contributed by atoms with Crippen LogP contribution in [0.1, 0.15) is 0 Å². The van der Waals surface area contributed by atoms with Crippen molar-refractivity contribution in [3.8, 4) is 0 Å². The van der Waals surface area contributed by atoms with Gasteiger partial charge in [-0.25, -0.2) is 13.5 Å². The fraction of sp³-hybridized carbons (Fsp3) is 0.800. The number of rotatable bonds is 5. The van der Waals surface area contributed by atoms with Crippen LogP contribution in [0.25, 0.3) is 0 Å². The van der Waals surface area contributed by atoms with Crippen molar-refractivity contribution in [2.75, 3.05) is 18.9 Å². The highest BCUT2D eigenvalue weighted by molar-refractivity contribution is 5.09. The molecule has 1 rings (SSSR count). The molecule has 0 aromatic carbocycles. The van der Waals surface area contributed by atoms with E-state index >= 15 is 0 Å². The smallest absolute Gasteiger partial charge is 0.261 e. The molecule has 0 aliphatic heterocycles. The summed E-state index contributed by atoms with van der Waals surface area (Å²) in [5.41, 5.74) is 5.31. The summed E-state index contributed by atoms with van der Waals surface area (Å²) in [6.07, 6.45) is -2.45. The van der Waals surface area contributed by atoms with Gasteiger partial charge in [0.05, 0.1) is 13.2 Å². The average Bonchev–Trinajstić information content (AvgIpc) is 2.45. The molecule has 1 aromatic rings. The monoisotopic (exact) mass is 193 g/mol. The van der Waals surface area contributed by atoms with Gasteiger partial charge in [-0.3, -0.25) is 0 Å². The second kappa shape index (κ2) is 4.65. The minimum absolute atomic E-state index is 0.111. The summed E-state index contributed by atoms with van der Waals surface area (Å²) >= 11 is 0. The van der Waals surface area contributed by atoms with Gasteiger partial charge < -0.3 is 10.5 Å². The number of tetrazole rings is 1. The largest absolute Gasteiger partial charge is 0.374 e. The van der Waals surface area contributed by atoms with Gasteiger partial charge in [-0.2, -0.15) is 0 Å². The Bertz CT molecular complexity index is 253. The lowest BCUT2D eigenvalue weighted by Crippen LogP contribution is -2.13. The molecule has 0 fully saturated rings. The molecule has 8 heteroatoms. The molecule has 0 spiro atoms. The molecule has 0 aliphatic rings. The number of nitrogens with zero attached hydrogens (tertiary/aromatic N) is 4. The van der Waals surface area contributed by atoms with Gasteiger partial charge in [0.25, 0.3) is 6.43 Å². The van der Waals surface area contributed by atoms with Crippen molar-refractivity contribution in [3.05, 3.63) is 0 Å². The zero-order valence-electron chi connectivity index (χ0n) is 6.73. The zero-order chi connectivity index (χ0) is 9.68. The van der Waals surface area contributed by atoms with Gasteiger partial charge in [0.15, 0.2) is 0 Å². The number of hydrogen-bond donors (Lipinski definition) is 1. The van der Waals surface area contributed by atoms with Crippen LogP contribution in [0.5, 0.6) is 0 Å². The van der Waals surface area contributed by atoms with Crippen molar-refractivity contribution in [1.82, 2.24) is 20.2 Å². The minimum Gasteiger partial charge on any atom is -0.374 e. The van der Waals surface area contributed by atoms with E-state index in [2.05, 4.69) is 20.3 Å². The molecular weight excluding hydrogens is 184 g/mol. The van der Waals surface area contributed by atoms with Crippen molar-refractivity contribution in [3.63, 3.8) is 0 Å². The number of nitrogen functional groups attached to an aromatic ring is 1. The van der Waals surface area contributed by atoms with Crippen LogP contribution in [0, 0.1) is 0 Å². The lowest BCUT2D eigenvalue weighted by atomic mass is 10.6. The molecule has 74 valence electrons. The van der Waals surface area contributed by atoms with Gasteiger partial charge in [0, 0.05) is 0 Å². The SMILES string of the molecule is Nc1nnnn1CCOCC(F)F. The molecule has 0 saturated heterocycles. The molecule has 0 aliphatic carbocycles. The highest BCUT2D eigenvalue weighted by atomic mass is 19.3. The van der Waals surface area contributed by atoms with E-state index in [1.807, 2.05) is 0 Å². The molecule has 13 heavy (non-hydrogen) atoms. The van der Waals surface area contributed by atoms with Crippen LogP contribution in [-0.4, -0.2) is 39.8 Å². The summed E-state index contributed by atoms with van der Waals surface area (Å²) in [6, 6.07) is 0. The molecule has 1 heterocycles. The van der Waals surface area contributed by atoms with E-state index in [4.69, 9.17) is 5.73 Å². The Kier molecular flexibility index (Phi) is 3.50. The van der Waals surface area contributed by atoms with E-state index in [1.54, 1.807) is 0 Å². The van der Waals surface area contributed by atoms with Crippen LogP contribution < -0.4 is 5.73 Å². The van der Waals surface area contributed by atoms with E-state index in [1.165, 1.54) is 4.68 Å². The molecule has 0 radical (unpaired) electrons. The van der Waals surface area contributed by atoms with Gasteiger partial charge in [0.1, 0.15) is 6.61 Å². The fourth-order valence-electron chi connectivity index (χ4n) is 0.694. The maximum atomic E-state index is 11.6. The van der Waals surface area contributed by atoms with E-state index in [-0.39, 0.29) is 19.1 Å². The molecule has 0 bridgehead atoms. The Morgan fingerprint density at radius 3 is 2.85 bits per heavy atom. The molecule has 0 atom stereocenters. The van der Waals surface area contributed by atoms with Crippen molar-refractivity contribution >= 4 is 5.95 Å². The van der Waals surface area contributed by atoms with Gasteiger partial charge in [-0.15, -0.1) is 0 Å². The highest BCUT2D eigenvalue weighted by Gasteiger charge is 2.03. The molecule has 6 nitrogen and oxygen atoms in total. The van der Waals surface area contributed by atoms with Gasteiger partial charge in [-0.1, -0.05) is 5.10 Å². The number of aromatic nitrogens is 4. The third-order valence-electron chi connectivity index (χ3n) is 1.25. The predicted molar refractivity (Wildman–Crippen MR) is 39.1 cm³/mol. The van der Waals surface area contributed by atoms with Crippen molar-refractivity contribution < 1.29 is 13.5 Å². The first-order valence-electron chi connectivity index (χ1n) is 3.57. The summed E-state index contributed by atoms with van der Waals surface area (Å²) in [5, 5.41) is 10.2. The number of ether oxygens (including phenoxy) is 1. The Hall–Kier alpha value is -1.31. The van der Waals surface area contributed by atoms with Crippen LogP contribution in [0.4, 0.5) is 14.7 Å². The molecule has 2 N–H and O–H groups in total. The summed E-state index contributed by atoms with van der Waals surface area (Å²) < 4.78 is 29.0. The average molecular weight is 193 g/mol. The van der Waals surface area contributed by atoms with Gasteiger partial charge in [-0.05, 0) is 10.4 Å². The second-order valence-corrected chi connectivity index (χ2v) is 2.23. The van der Waals surface area contributed by atoms with Crippen LogP contribution >= 0.6 is 0 Å². The minimum atomic E-state index is -2.45. The van der Waals surface area contributed by atoms with Gasteiger partial charge >= 0.3 is 0 Å². The number of nitrogens with two attached hydrogens (primary N) is 1. The molecule has 0 amide bonds. The first kappa shape index (κ1) is 9.78. The summed E-state index contributed by atoms with van der Waals surface area (Å²) in [4.78, 5) is 0. The molecule has 1 aromatic heterocycles. The van der Waals surface area contributed by atoms with Gasteiger partial charge in [0.2, 0.25) is 5.95 Å². The normalized spacial score (nSPS) is 11.0. The maximum Gasteiger partial charge on any atom is 0.261 e. The zero-order valence-corrected chi connectivity index (χ0v) is 6.73.